The van der Waals surface area contributed by atoms with Crippen molar-refractivity contribution in [2.75, 3.05) is 32.7 Å². The van der Waals surface area contributed by atoms with Gasteiger partial charge in [-0.05, 0) is 69.0 Å². The van der Waals surface area contributed by atoms with Crippen molar-refractivity contribution in [2.24, 2.45) is 5.92 Å². The van der Waals surface area contributed by atoms with Crippen LogP contribution in [-0.2, 0) is 0 Å². The van der Waals surface area contributed by atoms with E-state index in [4.69, 9.17) is 0 Å². The first kappa shape index (κ1) is 15.7. The topological polar surface area (TPSA) is 28.0 Å². The van der Waals surface area contributed by atoms with E-state index in [-0.39, 0.29) is 5.91 Å². The molecule has 1 atom stereocenters. The Morgan fingerprint density at radius 3 is 2.79 bits per heavy atom. The second-order valence-corrected chi connectivity index (χ2v) is 7.53. The Labute approximate surface area is 144 Å². The fourth-order valence-corrected chi connectivity index (χ4v) is 4.24. The third-order valence-corrected chi connectivity index (χ3v) is 5.51. The van der Waals surface area contributed by atoms with Gasteiger partial charge in [0.1, 0.15) is 0 Å². The molecule has 2 saturated heterocycles. The number of nitrogens with zero attached hydrogens (tertiary/aromatic N) is 3. The van der Waals surface area contributed by atoms with Crippen LogP contribution in [0.5, 0.6) is 0 Å². The highest BCUT2D eigenvalue weighted by Gasteiger charge is 2.28. The minimum absolute atomic E-state index is 0.185. The van der Waals surface area contributed by atoms with Gasteiger partial charge in [0.25, 0.3) is 5.91 Å². The van der Waals surface area contributed by atoms with E-state index in [0.717, 1.165) is 30.6 Å². The molecule has 1 unspecified atom stereocenters. The average molecular weight is 325 g/mol. The first-order chi connectivity index (χ1) is 11.7. The summed E-state index contributed by atoms with van der Waals surface area (Å²) >= 11 is 0. The molecular formula is C20H27N3O. The van der Waals surface area contributed by atoms with Crippen LogP contribution in [0.4, 0.5) is 0 Å². The van der Waals surface area contributed by atoms with Crippen molar-refractivity contribution in [2.45, 2.75) is 32.6 Å². The van der Waals surface area contributed by atoms with E-state index in [9.17, 15) is 4.79 Å². The largest absolute Gasteiger partial charge is 0.338 e. The lowest BCUT2D eigenvalue weighted by Crippen LogP contribution is -2.36. The van der Waals surface area contributed by atoms with Crippen molar-refractivity contribution >= 4 is 11.4 Å². The summed E-state index contributed by atoms with van der Waals surface area (Å²) in [6.07, 6.45) is 9.26. The minimum atomic E-state index is 0.185. The van der Waals surface area contributed by atoms with E-state index in [1.807, 2.05) is 23.2 Å². The molecule has 2 aliphatic rings. The lowest BCUT2D eigenvalue weighted by molar-refractivity contribution is 0.0782. The fourth-order valence-electron chi connectivity index (χ4n) is 4.24. The zero-order chi connectivity index (χ0) is 16.5. The zero-order valence-corrected chi connectivity index (χ0v) is 14.6. The van der Waals surface area contributed by atoms with Gasteiger partial charge in [0, 0.05) is 37.5 Å². The molecule has 2 aliphatic heterocycles. The molecule has 0 spiro atoms. The summed E-state index contributed by atoms with van der Waals surface area (Å²) in [4.78, 5) is 17.5. The number of hydrogen-bond donors (Lipinski definition) is 0. The van der Waals surface area contributed by atoms with E-state index in [1.165, 1.54) is 44.5 Å². The van der Waals surface area contributed by atoms with Gasteiger partial charge >= 0.3 is 0 Å². The predicted molar refractivity (Wildman–Crippen MR) is 96.4 cm³/mol. The third kappa shape index (κ3) is 3.20. The third-order valence-electron chi connectivity index (χ3n) is 5.51. The van der Waals surface area contributed by atoms with Crippen LogP contribution >= 0.6 is 0 Å². The Hall–Kier alpha value is -1.81. The lowest BCUT2D eigenvalue weighted by atomic mass is 10.1. The quantitative estimate of drug-likeness (QED) is 0.867. The number of carbonyl (C=O) groups is 1. The molecule has 1 amide bonds. The predicted octanol–water partition coefficient (Wildman–Crippen LogP) is 3.20. The van der Waals surface area contributed by atoms with Crippen LogP contribution in [0.25, 0.3) is 5.52 Å². The normalized spacial score (nSPS) is 22.4. The molecule has 4 nitrogen and oxygen atoms in total. The number of fused-ring (bicyclic) bond motifs is 1. The summed E-state index contributed by atoms with van der Waals surface area (Å²) in [5.74, 6) is 0.828. The van der Waals surface area contributed by atoms with E-state index in [0.29, 0.717) is 5.92 Å². The van der Waals surface area contributed by atoms with E-state index < -0.39 is 0 Å². The number of piperidine rings is 1. The van der Waals surface area contributed by atoms with Crippen molar-refractivity contribution < 1.29 is 4.79 Å². The van der Waals surface area contributed by atoms with E-state index in [2.05, 4.69) is 28.5 Å². The van der Waals surface area contributed by atoms with Crippen LogP contribution in [0.15, 0.2) is 30.6 Å². The van der Waals surface area contributed by atoms with Gasteiger partial charge in [0.05, 0.1) is 5.56 Å². The van der Waals surface area contributed by atoms with Crippen molar-refractivity contribution in [1.82, 2.24) is 14.2 Å². The number of amides is 1. The minimum Gasteiger partial charge on any atom is -0.338 e. The van der Waals surface area contributed by atoms with Crippen LogP contribution < -0.4 is 0 Å². The second kappa shape index (κ2) is 6.60. The summed E-state index contributed by atoms with van der Waals surface area (Å²) in [7, 11) is 0. The Balaban J connectivity index is 1.40. The molecule has 0 radical (unpaired) electrons. The highest BCUT2D eigenvalue weighted by atomic mass is 16.2. The first-order valence-corrected chi connectivity index (χ1v) is 9.29. The van der Waals surface area contributed by atoms with Crippen LogP contribution in [0.3, 0.4) is 0 Å². The van der Waals surface area contributed by atoms with Crippen molar-refractivity contribution in [1.29, 1.82) is 0 Å². The Bertz CT molecular complexity index is 730. The number of aromatic nitrogens is 1. The summed E-state index contributed by atoms with van der Waals surface area (Å²) in [6, 6.07) is 6.15. The number of rotatable bonds is 3. The van der Waals surface area contributed by atoms with Gasteiger partial charge in [0.15, 0.2) is 0 Å². The molecule has 128 valence electrons. The average Bonchev–Trinajstić information content (AvgIpc) is 3.20. The fraction of sp³-hybridized carbons (Fsp3) is 0.550. The summed E-state index contributed by atoms with van der Waals surface area (Å²) in [5, 5.41) is 0. The molecule has 0 saturated carbocycles. The van der Waals surface area contributed by atoms with Gasteiger partial charge in [-0.2, -0.15) is 0 Å². The van der Waals surface area contributed by atoms with E-state index in [1.54, 1.807) is 0 Å². The summed E-state index contributed by atoms with van der Waals surface area (Å²) < 4.78 is 2.06. The van der Waals surface area contributed by atoms with Gasteiger partial charge in [-0.25, -0.2) is 0 Å². The molecule has 4 heteroatoms. The highest BCUT2D eigenvalue weighted by molar-refractivity contribution is 5.94. The van der Waals surface area contributed by atoms with Crippen molar-refractivity contribution in [3.8, 4) is 0 Å². The molecule has 24 heavy (non-hydrogen) atoms. The Kier molecular flexibility index (Phi) is 4.31. The zero-order valence-electron chi connectivity index (χ0n) is 14.6. The van der Waals surface area contributed by atoms with Gasteiger partial charge in [0.2, 0.25) is 0 Å². The SMILES string of the molecule is Cc1cc2ccc(C(=O)N3CCC(CN4CCCCC4)C3)cn2c1. The number of aryl methyl sites for hydroxylation is 1. The standard InChI is InChI=1S/C20H27N3O/c1-16-11-19-6-5-18(15-23(19)12-16)20(24)22-10-7-17(14-22)13-21-8-3-2-4-9-21/h5-6,11-12,15,17H,2-4,7-10,13-14H2,1H3. The van der Waals surface area contributed by atoms with Crippen molar-refractivity contribution in [3.05, 3.63) is 41.7 Å². The number of hydrogen-bond acceptors (Lipinski definition) is 2. The maximum atomic E-state index is 12.8. The molecule has 0 aromatic carbocycles. The van der Waals surface area contributed by atoms with Crippen LogP contribution in [0.1, 0.15) is 41.6 Å². The Morgan fingerprint density at radius 2 is 1.96 bits per heavy atom. The molecular weight excluding hydrogens is 298 g/mol. The summed E-state index contributed by atoms with van der Waals surface area (Å²) in [5.41, 5.74) is 3.17. The van der Waals surface area contributed by atoms with Gasteiger partial charge in [-0.15, -0.1) is 0 Å². The maximum absolute atomic E-state index is 12.8. The smallest absolute Gasteiger partial charge is 0.255 e. The second-order valence-electron chi connectivity index (χ2n) is 7.53. The van der Waals surface area contributed by atoms with Gasteiger partial charge in [-0.1, -0.05) is 6.42 Å². The lowest BCUT2D eigenvalue weighted by Gasteiger charge is -2.29. The number of likely N-dealkylation sites (tertiary alicyclic amines) is 2. The number of carbonyl (C=O) groups excluding carboxylic acids is 1. The van der Waals surface area contributed by atoms with Gasteiger partial charge in [-0.3, -0.25) is 4.79 Å². The monoisotopic (exact) mass is 325 g/mol. The van der Waals surface area contributed by atoms with Gasteiger partial charge < -0.3 is 14.2 Å². The van der Waals surface area contributed by atoms with Crippen LogP contribution in [-0.4, -0.2) is 52.8 Å². The molecule has 2 aromatic rings. The van der Waals surface area contributed by atoms with Crippen LogP contribution in [0, 0.1) is 12.8 Å². The van der Waals surface area contributed by atoms with E-state index >= 15 is 0 Å². The molecule has 0 aliphatic carbocycles. The molecule has 0 N–H and O–H groups in total. The Morgan fingerprint density at radius 1 is 1.12 bits per heavy atom. The molecule has 4 rings (SSSR count). The van der Waals surface area contributed by atoms with Crippen molar-refractivity contribution in [3.63, 3.8) is 0 Å². The maximum Gasteiger partial charge on any atom is 0.255 e. The molecule has 4 heterocycles. The summed E-state index contributed by atoms with van der Waals surface area (Å²) in [6.45, 7) is 7.56. The van der Waals surface area contributed by atoms with Crippen LogP contribution in [0.2, 0.25) is 0 Å². The highest BCUT2D eigenvalue weighted by Crippen LogP contribution is 2.22. The molecule has 0 bridgehead atoms. The molecule has 2 aromatic heterocycles. The number of pyridine rings is 1. The molecule has 2 fully saturated rings. The first-order valence-electron chi connectivity index (χ1n) is 9.29.